The minimum atomic E-state index is -0.0547. The van der Waals surface area contributed by atoms with Gasteiger partial charge in [-0.25, -0.2) is 9.97 Å². The molecule has 144 valence electrons. The highest BCUT2D eigenvalue weighted by Crippen LogP contribution is 2.22. The quantitative estimate of drug-likeness (QED) is 0.621. The summed E-state index contributed by atoms with van der Waals surface area (Å²) in [7, 11) is 0. The summed E-state index contributed by atoms with van der Waals surface area (Å²) in [6.45, 7) is 2.43. The van der Waals surface area contributed by atoms with Gasteiger partial charge in [-0.05, 0) is 43.0 Å². The van der Waals surface area contributed by atoms with Crippen LogP contribution in [0.2, 0.25) is 0 Å². The van der Waals surface area contributed by atoms with Gasteiger partial charge in [-0.1, -0.05) is 15.9 Å². The molecule has 27 heavy (non-hydrogen) atoms. The van der Waals surface area contributed by atoms with E-state index in [2.05, 4.69) is 41.4 Å². The van der Waals surface area contributed by atoms with Gasteiger partial charge in [-0.3, -0.25) is 4.79 Å². The van der Waals surface area contributed by atoms with Gasteiger partial charge in [0.1, 0.15) is 18.0 Å². The van der Waals surface area contributed by atoms with Crippen molar-refractivity contribution in [2.75, 3.05) is 41.8 Å². The summed E-state index contributed by atoms with van der Waals surface area (Å²) in [5.74, 6) is 1.79. The van der Waals surface area contributed by atoms with E-state index in [1.807, 2.05) is 30.3 Å². The maximum Gasteiger partial charge on any atom is 0.226 e. The Morgan fingerprint density at radius 2 is 2.11 bits per heavy atom. The van der Waals surface area contributed by atoms with E-state index in [0.717, 1.165) is 41.9 Å². The number of hydrogen-bond donors (Lipinski definition) is 3. The van der Waals surface area contributed by atoms with Gasteiger partial charge in [0.2, 0.25) is 5.91 Å². The van der Waals surface area contributed by atoms with Crippen molar-refractivity contribution >= 4 is 39.2 Å². The molecule has 0 aliphatic carbocycles. The van der Waals surface area contributed by atoms with Crippen LogP contribution >= 0.6 is 15.9 Å². The van der Waals surface area contributed by atoms with E-state index in [4.69, 9.17) is 0 Å². The first kappa shape index (κ1) is 19.6. The average molecular weight is 434 g/mol. The van der Waals surface area contributed by atoms with Crippen LogP contribution in [0.1, 0.15) is 19.3 Å². The number of anilines is 3. The molecule has 0 radical (unpaired) electrons. The number of hydrogen-bond acceptors (Lipinski definition) is 6. The molecular weight excluding hydrogens is 410 g/mol. The smallest absolute Gasteiger partial charge is 0.226 e. The van der Waals surface area contributed by atoms with E-state index in [-0.39, 0.29) is 12.5 Å². The molecule has 1 aromatic heterocycles. The van der Waals surface area contributed by atoms with Crippen molar-refractivity contribution in [1.29, 1.82) is 0 Å². The minimum Gasteiger partial charge on any atom is -0.396 e. The molecule has 1 aromatic carbocycles. The SMILES string of the molecule is O=C(CCNc1cc(N2CCCC(CO)C2)ncn1)Nc1ccc(Br)cc1. The lowest BCUT2D eigenvalue weighted by molar-refractivity contribution is -0.115. The summed E-state index contributed by atoms with van der Waals surface area (Å²) in [6.07, 6.45) is 3.97. The molecular formula is C19H24BrN5O2. The number of carbonyl (C=O) groups excluding carboxylic acids is 1. The molecule has 0 spiro atoms. The van der Waals surface area contributed by atoms with Crippen molar-refractivity contribution in [3.63, 3.8) is 0 Å². The zero-order chi connectivity index (χ0) is 19.1. The van der Waals surface area contributed by atoms with Crippen molar-refractivity contribution in [1.82, 2.24) is 9.97 Å². The zero-order valence-electron chi connectivity index (χ0n) is 15.1. The lowest BCUT2D eigenvalue weighted by Gasteiger charge is -2.32. The monoisotopic (exact) mass is 433 g/mol. The predicted octanol–water partition coefficient (Wildman–Crippen LogP) is 2.89. The second-order valence-electron chi connectivity index (χ2n) is 6.63. The molecule has 1 unspecified atom stereocenters. The molecule has 2 aromatic rings. The number of benzene rings is 1. The molecule has 2 heterocycles. The van der Waals surface area contributed by atoms with Crippen molar-refractivity contribution in [2.24, 2.45) is 5.92 Å². The molecule has 1 saturated heterocycles. The third-order valence-electron chi connectivity index (χ3n) is 4.54. The Morgan fingerprint density at radius 1 is 1.30 bits per heavy atom. The Hall–Kier alpha value is -2.19. The lowest BCUT2D eigenvalue weighted by Crippen LogP contribution is -2.37. The second kappa shape index (κ2) is 9.66. The van der Waals surface area contributed by atoms with E-state index in [9.17, 15) is 9.90 Å². The van der Waals surface area contributed by atoms with Crippen molar-refractivity contribution in [3.8, 4) is 0 Å². The van der Waals surface area contributed by atoms with Gasteiger partial charge in [0.15, 0.2) is 0 Å². The Bertz CT molecular complexity index is 756. The Balaban J connectivity index is 1.48. The maximum atomic E-state index is 12.0. The van der Waals surface area contributed by atoms with Crippen LogP contribution in [0.4, 0.5) is 17.3 Å². The number of amides is 1. The van der Waals surface area contributed by atoms with Gasteiger partial charge in [-0.15, -0.1) is 0 Å². The van der Waals surface area contributed by atoms with Crippen LogP contribution in [-0.2, 0) is 4.79 Å². The van der Waals surface area contributed by atoms with Crippen LogP contribution in [0.3, 0.4) is 0 Å². The summed E-state index contributed by atoms with van der Waals surface area (Å²) in [4.78, 5) is 22.8. The topological polar surface area (TPSA) is 90.4 Å². The molecule has 7 nitrogen and oxygen atoms in total. The molecule has 3 N–H and O–H groups in total. The normalized spacial score (nSPS) is 16.8. The summed E-state index contributed by atoms with van der Waals surface area (Å²) >= 11 is 3.37. The number of carbonyl (C=O) groups is 1. The number of piperidine rings is 1. The number of aromatic nitrogens is 2. The summed E-state index contributed by atoms with van der Waals surface area (Å²) < 4.78 is 0.973. The van der Waals surface area contributed by atoms with Gasteiger partial charge < -0.3 is 20.6 Å². The Labute approximate surface area is 167 Å². The highest BCUT2D eigenvalue weighted by Gasteiger charge is 2.20. The Morgan fingerprint density at radius 3 is 2.89 bits per heavy atom. The van der Waals surface area contributed by atoms with Crippen molar-refractivity contribution in [3.05, 3.63) is 41.1 Å². The van der Waals surface area contributed by atoms with Crippen LogP contribution in [0.25, 0.3) is 0 Å². The first-order chi connectivity index (χ1) is 13.1. The lowest BCUT2D eigenvalue weighted by atomic mass is 9.99. The highest BCUT2D eigenvalue weighted by atomic mass is 79.9. The maximum absolute atomic E-state index is 12.0. The molecule has 8 heteroatoms. The van der Waals surface area contributed by atoms with Crippen molar-refractivity contribution < 1.29 is 9.90 Å². The van der Waals surface area contributed by atoms with Gasteiger partial charge in [0.05, 0.1) is 0 Å². The number of aliphatic hydroxyl groups is 1. The molecule has 1 aliphatic rings. The van der Waals surface area contributed by atoms with Crippen molar-refractivity contribution in [2.45, 2.75) is 19.3 Å². The van der Waals surface area contributed by atoms with Crippen LogP contribution in [0.5, 0.6) is 0 Å². The largest absolute Gasteiger partial charge is 0.396 e. The fourth-order valence-electron chi connectivity index (χ4n) is 3.10. The van der Waals surface area contributed by atoms with E-state index in [1.54, 1.807) is 0 Å². The highest BCUT2D eigenvalue weighted by molar-refractivity contribution is 9.10. The van der Waals surface area contributed by atoms with E-state index >= 15 is 0 Å². The summed E-state index contributed by atoms with van der Waals surface area (Å²) in [6, 6.07) is 9.37. The van der Waals surface area contributed by atoms with Crippen LogP contribution in [0, 0.1) is 5.92 Å². The van der Waals surface area contributed by atoms with Crippen LogP contribution in [0.15, 0.2) is 41.1 Å². The first-order valence-corrected chi connectivity index (χ1v) is 9.90. The third-order valence-corrected chi connectivity index (χ3v) is 5.07. The molecule has 0 saturated carbocycles. The summed E-state index contributed by atoms with van der Waals surface area (Å²) in [5.41, 5.74) is 0.774. The fraction of sp³-hybridized carbons (Fsp3) is 0.421. The number of halogens is 1. The molecule has 0 bridgehead atoms. The van der Waals surface area contributed by atoms with Crippen LogP contribution in [-0.4, -0.2) is 47.2 Å². The number of nitrogens with one attached hydrogen (secondary N) is 2. The first-order valence-electron chi connectivity index (χ1n) is 9.11. The van der Waals surface area contributed by atoms with E-state index in [1.165, 1.54) is 6.33 Å². The molecule has 1 aliphatic heterocycles. The zero-order valence-corrected chi connectivity index (χ0v) is 16.7. The van der Waals surface area contributed by atoms with Gasteiger partial charge >= 0.3 is 0 Å². The van der Waals surface area contributed by atoms with Gasteiger partial charge in [0, 0.05) is 48.9 Å². The standard InChI is InChI=1S/C19H24BrN5O2/c20-15-3-5-16(6-4-15)24-19(27)7-8-21-17-10-18(23-13-22-17)25-9-1-2-14(11-25)12-26/h3-6,10,13-14,26H,1-2,7-9,11-12H2,(H,24,27)(H,21,22,23). The van der Waals surface area contributed by atoms with Crippen LogP contribution < -0.4 is 15.5 Å². The molecule has 1 fully saturated rings. The molecule has 1 atom stereocenters. The predicted molar refractivity (Wildman–Crippen MR) is 110 cm³/mol. The van der Waals surface area contributed by atoms with E-state index in [0.29, 0.717) is 24.7 Å². The number of aliphatic hydroxyl groups excluding tert-OH is 1. The van der Waals surface area contributed by atoms with Gasteiger partial charge in [-0.2, -0.15) is 0 Å². The third kappa shape index (κ3) is 5.90. The van der Waals surface area contributed by atoms with Gasteiger partial charge in [0.25, 0.3) is 0 Å². The minimum absolute atomic E-state index is 0.0547. The molecule has 1 amide bonds. The second-order valence-corrected chi connectivity index (χ2v) is 7.55. The summed E-state index contributed by atoms with van der Waals surface area (Å²) in [5, 5.41) is 15.4. The van der Waals surface area contributed by atoms with E-state index < -0.39 is 0 Å². The number of nitrogens with zero attached hydrogens (tertiary/aromatic N) is 3. The fourth-order valence-corrected chi connectivity index (χ4v) is 3.36. The number of rotatable bonds is 7. The average Bonchev–Trinajstić information content (AvgIpc) is 2.70. The molecule has 3 rings (SSSR count). The Kier molecular flexibility index (Phi) is 7.00.